The smallest absolute Gasteiger partial charge is 0.316 e. The van der Waals surface area contributed by atoms with E-state index in [4.69, 9.17) is 15.0 Å². The molecule has 2 aromatic carbocycles. The number of primary amides is 1. The number of aromatic nitrogens is 2. The zero-order valence-corrected chi connectivity index (χ0v) is 14.4. The Morgan fingerprint density at radius 1 is 1.04 bits per heavy atom. The van der Waals surface area contributed by atoms with Crippen molar-refractivity contribution in [1.29, 1.82) is 0 Å². The molecular weight excluding hydrogens is 348 g/mol. The van der Waals surface area contributed by atoms with E-state index in [2.05, 4.69) is 15.5 Å². The van der Waals surface area contributed by atoms with Crippen LogP contribution < -0.4 is 15.8 Å². The standard InChI is InChI=1S/C19H18N4O4/c20-16(24)10-13-6-8-15(9-7-13)26-12-17-22-19(27-23-17)18(25)21-11-14-4-2-1-3-5-14/h1-9H,10-12H2,(H2,20,24)(H,21,25). The number of hydrogen-bond donors (Lipinski definition) is 2. The summed E-state index contributed by atoms with van der Waals surface area (Å²) in [5.41, 5.74) is 6.91. The molecule has 1 heterocycles. The Balaban J connectivity index is 1.50. The lowest BCUT2D eigenvalue weighted by Gasteiger charge is -2.04. The number of hydrogen-bond acceptors (Lipinski definition) is 6. The van der Waals surface area contributed by atoms with Gasteiger partial charge in [0.2, 0.25) is 11.7 Å². The summed E-state index contributed by atoms with van der Waals surface area (Å²) in [4.78, 5) is 26.9. The lowest BCUT2D eigenvalue weighted by Crippen LogP contribution is -2.23. The minimum Gasteiger partial charge on any atom is -0.485 e. The number of amides is 2. The molecule has 0 aliphatic carbocycles. The van der Waals surface area contributed by atoms with E-state index >= 15 is 0 Å². The third-order valence-corrected chi connectivity index (χ3v) is 3.63. The van der Waals surface area contributed by atoms with Crippen LogP contribution in [0.25, 0.3) is 0 Å². The molecule has 3 aromatic rings. The molecule has 0 fully saturated rings. The molecule has 0 unspecified atom stereocenters. The zero-order valence-electron chi connectivity index (χ0n) is 14.4. The number of nitrogens with zero attached hydrogens (tertiary/aromatic N) is 2. The Kier molecular flexibility index (Phi) is 5.78. The summed E-state index contributed by atoms with van der Waals surface area (Å²) in [6.07, 6.45) is 0.173. The van der Waals surface area contributed by atoms with Crippen molar-refractivity contribution in [2.24, 2.45) is 5.73 Å². The normalized spacial score (nSPS) is 10.4. The minimum atomic E-state index is -0.451. The van der Waals surface area contributed by atoms with E-state index in [1.165, 1.54) is 0 Å². The molecule has 0 bridgehead atoms. The number of benzene rings is 2. The molecule has 0 saturated heterocycles. The topological polar surface area (TPSA) is 120 Å². The van der Waals surface area contributed by atoms with Crippen LogP contribution in [0.3, 0.4) is 0 Å². The quantitative estimate of drug-likeness (QED) is 0.625. The van der Waals surface area contributed by atoms with Gasteiger partial charge in [-0.1, -0.05) is 47.6 Å². The van der Waals surface area contributed by atoms with Crippen LogP contribution in [-0.2, 0) is 24.4 Å². The van der Waals surface area contributed by atoms with E-state index in [1.807, 2.05) is 30.3 Å². The first-order valence-corrected chi connectivity index (χ1v) is 8.25. The molecule has 0 atom stereocenters. The Morgan fingerprint density at radius 3 is 2.48 bits per heavy atom. The molecule has 138 valence electrons. The van der Waals surface area contributed by atoms with Gasteiger partial charge in [0, 0.05) is 6.54 Å². The first kappa shape index (κ1) is 18.1. The summed E-state index contributed by atoms with van der Waals surface area (Å²) in [5.74, 6) is -0.146. The van der Waals surface area contributed by atoms with Gasteiger partial charge in [0.05, 0.1) is 6.42 Å². The van der Waals surface area contributed by atoms with Gasteiger partial charge in [0.25, 0.3) is 0 Å². The van der Waals surface area contributed by atoms with Gasteiger partial charge in [-0.2, -0.15) is 4.98 Å². The van der Waals surface area contributed by atoms with Crippen LogP contribution in [0.2, 0.25) is 0 Å². The van der Waals surface area contributed by atoms with Crippen molar-refractivity contribution in [3.63, 3.8) is 0 Å². The van der Waals surface area contributed by atoms with Crippen molar-refractivity contribution < 1.29 is 18.8 Å². The van der Waals surface area contributed by atoms with Crippen LogP contribution >= 0.6 is 0 Å². The molecule has 27 heavy (non-hydrogen) atoms. The number of nitrogens with one attached hydrogen (secondary N) is 1. The first-order chi connectivity index (χ1) is 13.1. The number of rotatable bonds is 8. The van der Waals surface area contributed by atoms with Crippen molar-refractivity contribution in [3.8, 4) is 5.75 Å². The Hall–Kier alpha value is -3.68. The molecule has 0 saturated carbocycles. The highest BCUT2D eigenvalue weighted by molar-refractivity contribution is 5.89. The summed E-state index contributed by atoms with van der Waals surface area (Å²) >= 11 is 0. The Labute approximate surface area is 155 Å². The van der Waals surface area contributed by atoms with Crippen molar-refractivity contribution in [2.45, 2.75) is 19.6 Å². The van der Waals surface area contributed by atoms with Crippen LogP contribution in [0.1, 0.15) is 27.6 Å². The molecule has 8 nitrogen and oxygen atoms in total. The van der Waals surface area contributed by atoms with Crippen LogP contribution in [0.5, 0.6) is 5.75 Å². The SMILES string of the molecule is NC(=O)Cc1ccc(OCc2noc(C(=O)NCc3ccccc3)n2)cc1. The van der Waals surface area contributed by atoms with E-state index in [0.717, 1.165) is 11.1 Å². The molecule has 3 N–H and O–H groups in total. The van der Waals surface area contributed by atoms with Gasteiger partial charge in [0.15, 0.2) is 6.61 Å². The van der Waals surface area contributed by atoms with E-state index in [-0.39, 0.29) is 24.7 Å². The Morgan fingerprint density at radius 2 is 1.78 bits per heavy atom. The van der Waals surface area contributed by atoms with Crippen LogP contribution in [0.15, 0.2) is 59.1 Å². The summed E-state index contributed by atoms with van der Waals surface area (Å²) in [5, 5.41) is 6.44. The van der Waals surface area contributed by atoms with Gasteiger partial charge in [-0.15, -0.1) is 0 Å². The predicted molar refractivity (Wildman–Crippen MR) is 95.6 cm³/mol. The van der Waals surface area contributed by atoms with Crippen molar-refractivity contribution in [2.75, 3.05) is 0 Å². The molecule has 2 amide bonds. The number of ether oxygens (including phenoxy) is 1. The highest BCUT2D eigenvalue weighted by Crippen LogP contribution is 2.14. The number of nitrogens with two attached hydrogens (primary N) is 1. The van der Waals surface area contributed by atoms with Gasteiger partial charge in [0.1, 0.15) is 5.75 Å². The predicted octanol–water partition coefficient (Wildman–Crippen LogP) is 1.61. The van der Waals surface area contributed by atoms with E-state index in [1.54, 1.807) is 24.3 Å². The number of carbonyl (C=O) groups is 2. The fourth-order valence-electron chi connectivity index (χ4n) is 2.31. The monoisotopic (exact) mass is 366 g/mol. The van der Waals surface area contributed by atoms with E-state index in [0.29, 0.717) is 12.3 Å². The maximum atomic E-state index is 12.0. The highest BCUT2D eigenvalue weighted by Gasteiger charge is 2.15. The zero-order chi connectivity index (χ0) is 19.1. The second-order valence-corrected chi connectivity index (χ2v) is 5.76. The first-order valence-electron chi connectivity index (χ1n) is 8.25. The minimum absolute atomic E-state index is 0.0463. The molecule has 1 aromatic heterocycles. The van der Waals surface area contributed by atoms with Crippen molar-refractivity contribution >= 4 is 11.8 Å². The van der Waals surface area contributed by atoms with Gasteiger partial charge < -0.3 is 20.3 Å². The summed E-state index contributed by atoms with van der Waals surface area (Å²) in [6, 6.07) is 16.4. The molecule has 8 heteroatoms. The molecule has 0 aliphatic rings. The van der Waals surface area contributed by atoms with Gasteiger partial charge in [-0.25, -0.2) is 0 Å². The third kappa shape index (κ3) is 5.40. The fourth-order valence-corrected chi connectivity index (χ4v) is 2.31. The van der Waals surface area contributed by atoms with E-state index < -0.39 is 11.8 Å². The van der Waals surface area contributed by atoms with Gasteiger partial charge in [-0.05, 0) is 23.3 Å². The molecular formula is C19H18N4O4. The van der Waals surface area contributed by atoms with Crippen LogP contribution in [0, 0.1) is 0 Å². The second kappa shape index (κ2) is 8.61. The average Bonchev–Trinajstić information content (AvgIpc) is 3.15. The largest absolute Gasteiger partial charge is 0.485 e. The van der Waals surface area contributed by atoms with Crippen LogP contribution in [-0.4, -0.2) is 22.0 Å². The summed E-state index contributed by atoms with van der Waals surface area (Å²) in [6.45, 7) is 0.413. The molecule has 0 radical (unpaired) electrons. The fraction of sp³-hybridized carbons (Fsp3) is 0.158. The lowest BCUT2D eigenvalue weighted by atomic mass is 10.1. The van der Waals surface area contributed by atoms with Gasteiger partial charge in [-0.3, -0.25) is 9.59 Å². The summed E-state index contributed by atoms with van der Waals surface area (Å²) in [7, 11) is 0. The molecule has 0 aliphatic heterocycles. The maximum Gasteiger partial charge on any atom is 0.316 e. The number of carbonyl (C=O) groups excluding carboxylic acids is 2. The van der Waals surface area contributed by atoms with Gasteiger partial charge >= 0.3 is 11.8 Å². The summed E-state index contributed by atoms with van der Waals surface area (Å²) < 4.78 is 10.5. The molecule has 3 rings (SSSR count). The van der Waals surface area contributed by atoms with Crippen LogP contribution in [0.4, 0.5) is 0 Å². The maximum absolute atomic E-state index is 12.0. The lowest BCUT2D eigenvalue weighted by molar-refractivity contribution is -0.117. The Bertz CT molecular complexity index is 907. The second-order valence-electron chi connectivity index (χ2n) is 5.76. The van der Waals surface area contributed by atoms with Crippen molar-refractivity contribution in [1.82, 2.24) is 15.5 Å². The highest BCUT2D eigenvalue weighted by atomic mass is 16.5. The third-order valence-electron chi connectivity index (χ3n) is 3.63. The molecule has 0 spiro atoms. The van der Waals surface area contributed by atoms with Crippen molar-refractivity contribution in [3.05, 3.63) is 77.4 Å². The van der Waals surface area contributed by atoms with E-state index in [9.17, 15) is 9.59 Å². The average molecular weight is 366 g/mol.